The van der Waals surface area contributed by atoms with Gasteiger partial charge >= 0.3 is 23.9 Å². The maximum absolute atomic E-state index is 12.9. The van der Waals surface area contributed by atoms with Crippen LogP contribution in [0.2, 0.25) is 0 Å². The topological polar surface area (TPSA) is 384 Å². The van der Waals surface area contributed by atoms with Crippen LogP contribution in [-0.2, 0) is 52.5 Å². The molecule has 0 heterocycles. The Balaban J connectivity index is 4.93. The number of guanidine groups is 2. The number of esters is 4. The highest BCUT2D eigenvalue weighted by atomic mass is 16.6. The molecule has 24 heteroatoms. The fraction of sp³-hybridized carbons (Fsp3) is 0.800. The summed E-state index contributed by atoms with van der Waals surface area (Å²) in [5.41, 5.74) is 22.7. The number of carbonyl (C=O) groups excluding carboxylic acids is 7. The van der Waals surface area contributed by atoms with Gasteiger partial charge in [0.15, 0.2) is 18.0 Å². The zero-order valence-corrected chi connectivity index (χ0v) is 55.0. The van der Waals surface area contributed by atoms with Crippen LogP contribution in [0.3, 0.4) is 0 Å². The fourth-order valence-electron chi connectivity index (χ4n) is 9.31. The van der Waals surface area contributed by atoms with Crippen LogP contribution in [0.4, 0.5) is 0 Å². The van der Waals surface area contributed by atoms with Crippen LogP contribution >= 0.6 is 0 Å². The molecule has 0 aliphatic heterocycles. The number of carbonyl (C=O) groups is 7. The molecule has 0 spiro atoms. The molecule has 0 saturated carbocycles. The number of amides is 3. The normalized spacial score (nSPS) is 12.3. The minimum absolute atomic E-state index is 0.0208. The van der Waals surface area contributed by atoms with Gasteiger partial charge in [-0.1, -0.05) is 141 Å². The monoisotopic (exact) mass is 1260 g/mol. The standard InChI is InChI=1S/C65H123N13O11/c1-3-5-7-9-11-13-15-17-19-21-23-25-27-29-31-37-58(80)87-52-54(89-61(83)38-32-30-28-26-24-22-20-18-16-14-12-10-8-6-4-2)53-88-60(82)40-39-59(81)86-50-46-73-57(79)51-72-43-47-78(48-44-74-62(84)55(66)35-33-41-76-64(68)69)49-45-75-63(85)56(67)36-34-42-77-65(70)71/h17-20,54-56,72H,3-16,21-53,66-67H2,1-2H3,(H,73,79)(H,74,84)(H,75,85)(H4,68,69,76)(H4,70,71,77)/b19-17-,20-18-/t54-,55?,56?/m1/s1. The van der Waals surface area contributed by atoms with Crippen LogP contribution in [0.5, 0.6) is 0 Å². The molecule has 24 nitrogen and oxygen atoms in total. The average Bonchev–Trinajstić information content (AvgIpc) is 3.59. The van der Waals surface area contributed by atoms with Gasteiger partial charge in [0.2, 0.25) is 17.7 Å². The number of nitrogens with zero attached hydrogens (tertiary/aromatic N) is 1. The highest BCUT2D eigenvalue weighted by Gasteiger charge is 2.21. The van der Waals surface area contributed by atoms with Crippen molar-refractivity contribution in [3.05, 3.63) is 24.3 Å². The van der Waals surface area contributed by atoms with Crippen molar-refractivity contribution in [3.8, 4) is 0 Å². The molecule has 3 atom stereocenters. The summed E-state index contributed by atoms with van der Waals surface area (Å²) >= 11 is 0. The Hall–Kier alpha value is -5.85. The summed E-state index contributed by atoms with van der Waals surface area (Å²) in [4.78, 5) is 90.8. The van der Waals surface area contributed by atoms with Gasteiger partial charge < -0.3 is 73.8 Å². The lowest BCUT2D eigenvalue weighted by atomic mass is 10.1. The molecular formula is C65H123N13O11. The molecule has 0 aromatic rings. The Bertz CT molecular complexity index is 1890. The lowest BCUT2D eigenvalue weighted by Crippen LogP contribution is -2.47. The maximum Gasteiger partial charge on any atom is 0.306 e. The van der Waals surface area contributed by atoms with Crippen molar-refractivity contribution < 1.29 is 52.5 Å². The third-order valence-electron chi connectivity index (χ3n) is 14.7. The first kappa shape index (κ1) is 83.1. The van der Waals surface area contributed by atoms with E-state index in [0.29, 0.717) is 77.8 Å². The van der Waals surface area contributed by atoms with Crippen molar-refractivity contribution in [1.29, 1.82) is 10.8 Å². The highest BCUT2D eigenvalue weighted by Crippen LogP contribution is 2.14. The summed E-state index contributed by atoms with van der Waals surface area (Å²) in [6.07, 6.45) is 39.5. The van der Waals surface area contributed by atoms with Crippen molar-refractivity contribution in [2.24, 2.45) is 22.9 Å². The number of rotatable bonds is 62. The smallest absolute Gasteiger partial charge is 0.306 e. The molecule has 0 aliphatic rings. The molecule has 89 heavy (non-hydrogen) atoms. The SMILES string of the molecule is CCCCCCCC/C=C\CCCCCCCC(=O)OC[C@H](COC(=O)CCC(=O)OCCNC(=O)CNCCN(CCNC(=O)C(N)CCCNC(=N)N)CCNC(=O)C(N)CCCNC(=N)N)OC(=O)CCCCCCC/C=C\CCCCCCCC. The highest BCUT2D eigenvalue weighted by molar-refractivity contribution is 5.82. The van der Waals surface area contributed by atoms with E-state index in [4.69, 9.17) is 52.7 Å². The minimum atomic E-state index is -1.01. The van der Waals surface area contributed by atoms with Crippen LogP contribution in [0.1, 0.15) is 232 Å². The van der Waals surface area contributed by atoms with E-state index in [-0.39, 0.29) is 101 Å². The van der Waals surface area contributed by atoms with Crippen LogP contribution in [-0.4, -0.2) is 162 Å². The molecule has 0 bridgehead atoms. The Morgan fingerprint density at radius 2 is 0.809 bits per heavy atom. The van der Waals surface area contributed by atoms with Crippen LogP contribution < -0.4 is 54.8 Å². The third kappa shape index (κ3) is 58.3. The molecule has 0 aromatic carbocycles. The summed E-state index contributed by atoms with van der Waals surface area (Å²) < 4.78 is 21.8. The quantitative estimate of drug-likeness (QED) is 0.00743. The summed E-state index contributed by atoms with van der Waals surface area (Å²) in [5, 5.41) is 31.2. The zero-order chi connectivity index (χ0) is 65.6. The predicted molar refractivity (Wildman–Crippen MR) is 353 cm³/mol. The lowest BCUT2D eigenvalue weighted by molar-refractivity contribution is -0.167. The van der Waals surface area contributed by atoms with Gasteiger partial charge in [-0.25, -0.2) is 0 Å². The average molecular weight is 1260 g/mol. The van der Waals surface area contributed by atoms with Crippen molar-refractivity contribution in [2.45, 2.75) is 250 Å². The second-order valence-electron chi connectivity index (χ2n) is 23.0. The van der Waals surface area contributed by atoms with Crippen molar-refractivity contribution in [2.75, 3.05) is 85.3 Å². The number of hydrogen-bond donors (Lipinski definition) is 12. The van der Waals surface area contributed by atoms with E-state index in [1.165, 1.54) is 77.0 Å². The Morgan fingerprint density at radius 3 is 1.25 bits per heavy atom. The van der Waals surface area contributed by atoms with Crippen molar-refractivity contribution in [1.82, 2.24) is 36.8 Å². The van der Waals surface area contributed by atoms with Crippen LogP contribution in [0, 0.1) is 10.8 Å². The largest absolute Gasteiger partial charge is 0.464 e. The van der Waals surface area contributed by atoms with Crippen molar-refractivity contribution >= 4 is 53.5 Å². The molecule has 16 N–H and O–H groups in total. The van der Waals surface area contributed by atoms with Gasteiger partial charge in [0.1, 0.15) is 19.8 Å². The molecule has 0 aliphatic carbocycles. The molecule has 514 valence electrons. The number of allylic oxidation sites excluding steroid dienone is 4. The first-order valence-electron chi connectivity index (χ1n) is 34.0. The van der Waals surface area contributed by atoms with Gasteiger partial charge in [0.05, 0.1) is 38.0 Å². The number of unbranched alkanes of at least 4 members (excludes halogenated alkanes) is 22. The lowest BCUT2D eigenvalue weighted by Gasteiger charge is -2.24. The summed E-state index contributed by atoms with van der Waals surface area (Å²) in [7, 11) is 0. The summed E-state index contributed by atoms with van der Waals surface area (Å²) in [5.74, 6) is -3.61. The molecule has 0 aromatic heterocycles. The Kier molecular flexibility index (Phi) is 57.0. The second-order valence-corrected chi connectivity index (χ2v) is 23.0. The molecule has 0 saturated heterocycles. The number of ether oxygens (including phenoxy) is 4. The second kappa shape index (κ2) is 61.0. The predicted octanol–water partition coefficient (Wildman–Crippen LogP) is 6.80. The minimum Gasteiger partial charge on any atom is -0.464 e. The van der Waals surface area contributed by atoms with Gasteiger partial charge in [0.25, 0.3) is 0 Å². The van der Waals surface area contributed by atoms with E-state index in [1.807, 2.05) is 4.90 Å². The molecule has 0 fully saturated rings. The summed E-state index contributed by atoms with van der Waals surface area (Å²) in [6.45, 7) is 6.69. The van der Waals surface area contributed by atoms with Crippen LogP contribution in [0.15, 0.2) is 24.3 Å². The van der Waals surface area contributed by atoms with Crippen LogP contribution in [0.25, 0.3) is 0 Å². The first-order valence-corrected chi connectivity index (χ1v) is 34.0. The van der Waals surface area contributed by atoms with E-state index >= 15 is 0 Å². The van der Waals surface area contributed by atoms with E-state index < -0.39 is 42.1 Å². The number of nitrogens with two attached hydrogens (primary N) is 4. The van der Waals surface area contributed by atoms with Gasteiger partial charge in [-0.3, -0.25) is 49.3 Å². The van der Waals surface area contributed by atoms with E-state index in [0.717, 1.165) is 77.0 Å². The molecule has 2 unspecified atom stereocenters. The number of hydrogen-bond acceptors (Lipinski definition) is 17. The maximum atomic E-state index is 12.9. The molecule has 3 amide bonds. The van der Waals surface area contributed by atoms with Gasteiger partial charge in [-0.15, -0.1) is 0 Å². The fourth-order valence-corrected chi connectivity index (χ4v) is 9.31. The van der Waals surface area contributed by atoms with Crippen molar-refractivity contribution in [3.63, 3.8) is 0 Å². The third-order valence-corrected chi connectivity index (χ3v) is 14.7. The van der Waals surface area contributed by atoms with E-state index in [9.17, 15) is 33.6 Å². The van der Waals surface area contributed by atoms with E-state index in [2.05, 4.69) is 70.1 Å². The molecule has 0 radical (unpaired) electrons. The van der Waals surface area contributed by atoms with E-state index in [1.54, 1.807) is 0 Å². The first-order chi connectivity index (χ1) is 43.1. The zero-order valence-electron chi connectivity index (χ0n) is 55.0. The van der Waals surface area contributed by atoms with Gasteiger partial charge in [-0.2, -0.15) is 0 Å². The Morgan fingerprint density at radius 1 is 0.427 bits per heavy atom. The molecule has 0 rings (SSSR count). The molecular weight excluding hydrogens is 1140 g/mol. The Labute approximate surface area is 534 Å². The van der Waals surface area contributed by atoms with Gasteiger partial charge in [0, 0.05) is 65.2 Å². The number of nitrogens with one attached hydrogen (secondary N) is 8. The summed E-state index contributed by atoms with van der Waals surface area (Å²) in [6, 6.07) is -1.50. The van der Waals surface area contributed by atoms with Gasteiger partial charge in [-0.05, 0) is 89.9 Å².